The maximum absolute atomic E-state index is 6.05. The van der Waals surface area contributed by atoms with Crippen molar-refractivity contribution in [3.05, 3.63) is 46.7 Å². The number of halogens is 2. The average Bonchev–Trinajstić information content (AvgIpc) is 2.26. The van der Waals surface area contributed by atoms with Crippen molar-refractivity contribution in [1.29, 1.82) is 0 Å². The smallest absolute Gasteiger partial charge is 0.144 e. The van der Waals surface area contributed by atoms with E-state index in [4.69, 9.17) is 28.9 Å². The van der Waals surface area contributed by atoms with Crippen LogP contribution in [0.15, 0.2) is 46.3 Å². The van der Waals surface area contributed by atoms with Gasteiger partial charge in [0.05, 0.1) is 15.6 Å². The van der Waals surface area contributed by atoms with Crippen molar-refractivity contribution in [3.63, 3.8) is 0 Å². The molecule has 0 saturated carbocycles. The third-order valence-corrected chi connectivity index (χ3v) is 3.99. The van der Waals surface area contributed by atoms with E-state index in [1.807, 2.05) is 24.3 Å². The van der Waals surface area contributed by atoms with E-state index in [1.54, 1.807) is 12.3 Å². The molecule has 0 atom stereocenters. The first kappa shape index (κ1) is 11.6. The van der Waals surface area contributed by atoms with Gasteiger partial charge in [-0.1, -0.05) is 47.1 Å². The van der Waals surface area contributed by atoms with Gasteiger partial charge in [-0.3, -0.25) is 0 Å². The summed E-state index contributed by atoms with van der Waals surface area (Å²) in [5, 5.41) is 1.07. The summed E-state index contributed by atoms with van der Waals surface area (Å²) in [7, 11) is 0. The highest BCUT2D eigenvalue weighted by Crippen LogP contribution is 2.39. The quantitative estimate of drug-likeness (QED) is 0.835. The topological polar surface area (TPSA) is 38.9 Å². The summed E-state index contributed by atoms with van der Waals surface area (Å²) < 4.78 is 0. The van der Waals surface area contributed by atoms with Gasteiger partial charge in [-0.05, 0) is 18.2 Å². The Bertz CT molecular complexity index is 497. The fourth-order valence-electron chi connectivity index (χ4n) is 1.17. The number of hydrogen-bond donors (Lipinski definition) is 1. The molecule has 0 amide bonds. The minimum absolute atomic E-state index is 0.393. The summed E-state index contributed by atoms with van der Waals surface area (Å²) in [6.45, 7) is 0. The Kier molecular flexibility index (Phi) is 3.59. The largest absolute Gasteiger partial charge is 0.398 e. The van der Waals surface area contributed by atoms with E-state index in [9.17, 15) is 0 Å². The Balaban J connectivity index is 2.38. The molecular formula is C11H8Cl2N2S. The second-order valence-electron chi connectivity index (χ2n) is 3.05. The van der Waals surface area contributed by atoms with Crippen molar-refractivity contribution in [2.75, 3.05) is 5.73 Å². The molecule has 1 heterocycles. The fraction of sp³-hybridized carbons (Fsp3) is 0. The number of benzene rings is 1. The number of aromatic nitrogens is 1. The summed E-state index contributed by atoms with van der Waals surface area (Å²) in [4.78, 5) is 5.63. The number of nitrogens with zero attached hydrogens (tertiary/aromatic N) is 1. The Labute approximate surface area is 108 Å². The van der Waals surface area contributed by atoms with Crippen LogP contribution in [0, 0.1) is 0 Å². The van der Waals surface area contributed by atoms with Crippen molar-refractivity contribution in [2.24, 2.45) is 0 Å². The zero-order valence-electron chi connectivity index (χ0n) is 8.15. The van der Waals surface area contributed by atoms with Gasteiger partial charge < -0.3 is 5.73 Å². The highest BCUT2D eigenvalue weighted by Gasteiger charge is 2.09. The van der Waals surface area contributed by atoms with Crippen LogP contribution in [-0.2, 0) is 0 Å². The minimum Gasteiger partial charge on any atom is -0.398 e. The molecule has 2 N–H and O–H groups in total. The predicted molar refractivity (Wildman–Crippen MR) is 69.2 cm³/mol. The number of pyridine rings is 1. The monoisotopic (exact) mass is 270 g/mol. The van der Waals surface area contributed by atoms with Crippen LogP contribution in [0.5, 0.6) is 0 Å². The van der Waals surface area contributed by atoms with Crippen LogP contribution >= 0.6 is 35.0 Å². The summed E-state index contributed by atoms with van der Waals surface area (Å²) in [6, 6.07) is 9.24. The first-order valence-corrected chi connectivity index (χ1v) is 6.08. The molecule has 0 aliphatic heterocycles. The number of nitrogens with two attached hydrogens (primary N) is 1. The van der Waals surface area contributed by atoms with E-state index in [1.165, 1.54) is 11.8 Å². The zero-order chi connectivity index (χ0) is 11.5. The van der Waals surface area contributed by atoms with Crippen LogP contribution in [-0.4, -0.2) is 4.98 Å². The Morgan fingerprint density at radius 1 is 1.12 bits per heavy atom. The van der Waals surface area contributed by atoms with E-state index in [0.29, 0.717) is 15.9 Å². The molecule has 16 heavy (non-hydrogen) atoms. The first-order valence-electron chi connectivity index (χ1n) is 4.51. The maximum atomic E-state index is 6.05. The summed E-state index contributed by atoms with van der Waals surface area (Å²) in [5.74, 6) is 0. The van der Waals surface area contributed by atoms with Gasteiger partial charge in [-0.15, -0.1) is 0 Å². The number of hydrogen-bond acceptors (Lipinski definition) is 3. The lowest BCUT2D eigenvalue weighted by molar-refractivity contribution is 1.24. The minimum atomic E-state index is 0.393. The predicted octanol–water partition coefficient (Wildman–Crippen LogP) is 4.12. The van der Waals surface area contributed by atoms with Crippen LogP contribution in [0.4, 0.5) is 5.69 Å². The van der Waals surface area contributed by atoms with Crippen LogP contribution in [0.25, 0.3) is 0 Å². The normalized spacial score (nSPS) is 10.4. The van der Waals surface area contributed by atoms with Crippen LogP contribution in [0.2, 0.25) is 10.2 Å². The van der Waals surface area contributed by atoms with Gasteiger partial charge in [0.1, 0.15) is 5.15 Å². The molecule has 0 bridgehead atoms. The Morgan fingerprint density at radius 3 is 2.56 bits per heavy atom. The van der Waals surface area contributed by atoms with Crippen molar-refractivity contribution in [3.8, 4) is 0 Å². The van der Waals surface area contributed by atoms with Gasteiger partial charge in [0, 0.05) is 11.1 Å². The third-order valence-electron chi connectivity index (χ3n) is 1.94. The van der Waals surface area contributed by atoms with Gasteiger partial charge in [0.15, 0.2) is 0 Å². The molecule has 0 saturated heterocycles. The average molecular weight is 271 g/mol. The molecule has 0 unspecified atom stereocenters. The van der Waals surface area contributed by atoms with Crippen molar-refractivity contribution >= 4 is 40.7 Å². The van der Waals surface area contributed by atoms with Crippen molar-refractivity contribution in [1.82, 2.24) is 4.98 Å². The Hall–Kier alpha value is -0.900. The highest BCUT2D eigenvalue weighted by atomic mass is 35.5. The third kappa shape index (κ3) is 2.43. The molecule has 0 spiro atoms. The second-order valence-corrected chi connectivity index (χ2v) is 4.87. The van der Waals surface area contributed by atoms with Crippen LogP contribution in [0.3, 0.4) is 0 Å². The van der Waals surface area contributed by atoms with E-state index in [-0.39, 0.29) is 0 Å². The van der Waals surface area contributed by atoms with Crippen LogP contribution in [0.1, 0.15) is 0 Å². The lowest BCUT2D eigenvalue weighted by Crippen LogP contribution is -1.91. The summed E-state index contributed by atoms with van der Waals surface area (Å²) >= 11 is 13.4. The number of nitrogen functional groups attached to an aromatic ring is 1. The van der Waals surface area contributed by atoms with E-state index in [0.717, 1.165) is 9.79 Å². The van der Waals surface area contributed by atoms with E-state index >= 15 is 0 Å². The molecule has 0 aliphatic carbocycles. The SMILES string of the molecule is Nc1ccnc(Cl)c1Sc1ccccc1Cl. The summed E-state index contributed by atoms with van der Waals surface area (Å²) in [6.07, 6.45) is 1.58. The molecule has 2 aromatic rings. The molecule has 0 aliphatic rings. The van der Waals surface area contributed by atoms with Gasteiger partial charge in [0.25, 0.3) is 0 Å². The first-order chi connectivity index (χ1) is 7.68. The number of rotatable bonds is 2. The van der Waals surface area contributed by atoms with Gasteiger partial charge >= 0.3 is 0 Å². The van der Waals surface area contributed by atoms with Crippen molar-refractivity contribution < 1.29 is 0 Å². The molecule has 1 aromatic carbocycles. The Morgan fingerprint density at radius 2 is 1.88 bits per heavy atom. The van der Waals surface area contributed by atoms with E-state index in [2.05, 4.69) is 4.98 Å². The second kappa shape index (κ2) is 4.95. The van der Waals surface area contributed by atoms with Gasteiger partial charge in [0.2, 0.25) is 0 Å². The highest BCUT2D eigenvalue weighted by molar-refractivity contribution is 7.99. The van der Waals surface area contributed by atoms with Gasteiger partial charge in [-0.25, -0.2) is 4.98 Å². The molecule has 0 radical (unpaired) electrons. The fourth-order valence-corrected chi connectivity index (χ4v) is 2.56. The lowest BCUT2D eigenvalue weighted by atomic mass is 10.4. The molecule has 2 rings (SSSR count). The molecule has 82 valence electrons. The van der Waals surface area contributed by atoms with Crippen molar-refractivity contribution in [2.45, 2.75) is 9.79 Å². The molecule has 5 heteroatoms. The zero-order valence-corrected chi connectivity index (χ0v) is 10.5. The maximum Gasteiger partial charge on any atom is 0.144 e. The molecular weight excluding hydrogens is 263 g/mol. The van der Waals surface area contributed by atoms with Crippen LogP contribution < -0.4 is 5.73 Å². The molecule has 0 fully saturated rings. The molecule has 2 nitrogen and oxygen atoms in total. The number of anilines is 1. The van der Waals surface area contributed by atoms with E-state index < -0.39 is 0 Å². The summed E-state index contributed by atoms with van der Waals surface area (Å²) in [5.41, 5.74) is 6.43. The molecule has 1 aromatic heterocycles. The lowest BCUT2D eigenvalue weighted by Gasteiger charge is -2.07. The van der Waals surface area contributed by atoms with Gasteiger partial charge in [-0.2, -0.15) is 0 Å². The standard InChI is InChI=1S/C11H8Cl2N2S/c12-7-3-1-2-4-9(7)16-10-8(14)5-6-15-11(10)13/h1-6H,(H2,14,15).